The maximum atomic E-state index is 9.00. The summed E-state index contributed by atoms with van der Waals surface area (Å²) in [7, 11) is 0. The molecule has 56 valence electrons. The quantitative estimate of drug-likeness (QED) is 0.722. The molecule has 0 unspecified atom stereocenters. The van der Waals surface area contributed by atoms with Crippen molar-refractivity contribution in [2.24, 2.45) is 0 Å². The van der Waals surface area contributed by atoms with E-state index in [0.717, 1.165) is 6.92 Å². The largest absolute Gasteiger partial charge is 0.481 e. The second kappa shape index (κ2) is 9.56. The summed E-state index contributed by atoms with van der Waals surface area (Å²) in [5.74, 6) is -0.833. The molecule has 0 spiro atoms. The van der Waals surface area contributed by atoms with Crippen molar-refractivity contribution in [3.8, 4) is 0 Å². The fourth-order valence-corrected chi connectivity index (χ4v) is 0.313. The molecule has 1 aromatic rings. The standard InChI is InChI=1S/C5H5N.C2H4O2.Hg/c1-2-4-6-5-3-1;1-2(3)4;/h1-5H;1H3,(H,3,4);. The predicted octanol–water partition coefficient (Wildman–Crippen LogP) is 1.17. The number of pyridine rings is 1. The molecule has 0 saturated heterocycles. The molecule has 1 heterocycles. The van der Waals surface area contributed by atoms with Crippen LogP contribution < -0.4 is 0 Å². The molecule has 11 heavy (non-hydrogen) atoms. The van der Waals surface area contributed by atoms with Crippen LogP contribution in [0.2, 0.25) is 0 Å². The van der Waals surface area contributed by atoms with Crippen molar-refractivity contribution in [1.82, 2.24) is 4.98 Å². The zero-order valence-corrected chi connectivity index (χ0v) is 11.9. The van der Waals surface area contributed by atoms with E-state index < -0.39 is 5.97 Å². The summed E-state index contributed by atoms with van der Waals surface area (Å²) in [6.45, 7) is 1.08. The Morgan fingerprint density at radius 2 is 1.64 bits per heavy atom. The monoisotopic (exact) mass is 341 g/mol. The zero-order chi connectivity index (χ0) is 7.82. The number of carboxylic acid groups (broad SMARTS) is 1. The summed E-state index contributed by atoms with van der Waals surface area (Å²) >= 11 is 0. The van der Waals surface area contributed by atoms with Crippen LogP contribution in [0, 0.1) is 0 Å². The van der Waals surface area contributed by atoms with Crippen molar-refractivity contribution in [2.75, 3.05) is 0 Å². The molecular formula is C7H9HgNO2. The fourth-order valence-electron chi connectivity index (χ4n) is 0.313. The van der Waals surface area contributed by atoms with Gasteiger partial charge in [-0.15, -0.1) is 0 Å². The Labute approximate surface area is 86.0 Å². The van der Waals surface area contributed by atoms with Crippen LogP contribution in [0.5, 0.6) is 0 Å². The van der Waals surface area contributed by atoms with Gasteiger partial charge >= 0.3 is 0 Å². The number of rotatable bonds is 0. The van der Waals surface area contributed by atoms with Gasteiger partial charge in [0.15, 0.2) is 0 Å². The Kier molecular flexibility index (Phi) is 11.4. The van der Waals surface area contributed by atoms with Gasteiger partial charge in [-0.05, 0) is 12.1 Å². The second-order valence-electron chi connectivity index (χ2n) is 1.54. The molecule has 0 aromatic carbocycles. The van der Waals surface area contributed by atoms with E-state index in [9.17, 15) is 0 Å². The van der Waals surface area contributed by atoms with E-state index in [0.29, 0.717) is 0 Å². The Balaban J connectivity index is 0. The van der Waals surface area contributed by atoms with E-state index in [1.807, 2.05) is 18.2 Å². The van der Waals surface area contributed by atoms with Gasteiger partial charge in [-0.1, -0.05) is 6.07 Å². The van der Waals surface area contributed by atoms with Crippen LogP contribution in [0.15, 0.2) is 30.6 Å². The minimum atomic E-state index is -0.833. The summed E-state index contributed by atoms with van der Waals surface area (Å²) in [6.07, 6.45) is 3.50. The number of aromatic nitrogens is 1. The Bertz CT molecular complexity index is 148. The molecule has 1 aromatic heterocycles. The van der Waals surface area contributed by atoms with E-state index in [1.54, 1.807) is 12.4 Å². The third kappa shape index (κ3) is 17.7. The van der Waals surface area contributed by atoms with E-state index in [-0.39, 0.29) is 27.7 Å². The molecule has 0 radical (unpaired) electrons. The number of nitrogens with zero attached hydrogens (tertiary/aromatic N) is 1. The van der Waals surface area contributed by atoms with Gasteiger partial charge in [0.25, 0.3) is 5.97 Å². The average Bonchev–Trinajstić information content (AvgIpc) is 1.90. The molecule has 0 aliphatic rings. The molecule has 1 rings (SSSR count). The average molecular weight is 340 g/mol. The van der Waals surface area contributed by atoms with Crippen molar-refractivity contribution in [2.45, 2.75) is 6.92 Å². The van der Waals surface area contributed by atoms with Gasteiger partial charge in [0, 0.05) is 47.0 Å². The zero-order valence-electron chi connectivity index (χ0n) is 6.40. The van der Waals surface area contributed by atoms with E-state index >= 15 is 0 Å². The van der Waals surface area contributed by atoms with Crippen LogP contribution >= 0.6 is 0 Å². The molecule has 0 fully saturated rings. The third-order valence-corrected chi connectivity index (χ3v) is 0.566. The molecule has 0 saturated carbocycles. The summed E-state index contributed by atoms with van der Waals surface area (Å²) in [5, 5.41) is 7.42. The maximum absolute atomic E-state index is 9.00. The van der Waals surface area contributed by atoms with Crippen molar-refractivity contribution < 1.29 is 37.6 Å². The molecule has 3 nitrogen and oxygen atoms in total. The van der Waals surface area contributed by atoms with Crippen molar-refractivity contribution >= 4 is 5.97 Å². The first-order valence-electron chi connectivity index (χ1n) is 2.78. The van der Waals surface area contributed by atoms with E-state index in [2.05, 4.69) is 4.98 Å². The fraction of sp³-hybridized carbons (Fsp3) is 0.143. The first kappa shape index (κ1) is 13.2. The molecule has 0 bridgehead atoms. The minimum Gasteiger partial charge on any atom is -0.481 e. The van der Waals surface area contributed by atoms with Crippen LogP contribution in [-0.4, -0.2) is 16.1 Å². The van der Waals surface area contributed by atoms with Crippen LogP contribution in [0.25, 0.3) is 0 Å². The number of hydrogen-bond donors (Lipinski definition) is 1. The molecule has 0 aliphatic heterocycles. The Morgan fingerprint density at radius 3 is 1.73 bits per heavy atom. The van der Waals surface area contributed by atoms with Crippen LogP contribution in [0.4, 0.5) is 0 Å². The molecular weight excluding hydrogens is 331 g/mol. The normalized spacial score (nSPS) is 6.64. The summed E-state index contributed by atoms with van der Waals surface area (Å²) in [6, 6.07) is 5.72. The van der Waals surface area contributed by atoms with Crippen molar-refractivity contribution in [3.63, 3.8) is 0 Å². The topological polar surface area (TPSA) is 50.2 Å². The number of carboxylic acids is 1. The molecule has 1 N–H and O–H groups in total. The predicted molar refractivity (Wildman–Crippen MR) is 37.5 cm³/mol. The van der Waals surface area contributed by atoms with Crippen LogP contribution in [-0.2, 0) is 32.5 Å². The summed E-state index contributed by atoms with van der Waals surface area (Å²) in [5.41, 5.74) is 0. The Morgan fingerprint density at radius 1 is 1.27 bits per heavy atom. The number of hydrogen-bond acceptors (Lipinski definition) is 2. The van der Waals surface area contributed by atoms with Crippen molar-refractivity contribution in [3.05, 3.63) is 30.6 Å². The third-order valence-electron chi connectivity index (χ3n) is 0.566. The first-order valence-corrected chi connectivity index (χ1v) is 2.78. The number of aliphatic carboxylic acids is 1. The van der Waals surface area contributed by atoms with Gasteiger partial charge in [0.1, 0.15) is 0 Å². The molecule has 0 amide bonds. The van der Waals surface area contributed by atoms with Crippen LogP contribution in [0.3, 0.4) is 0 Å². The van der Waals surface area contributed by atoms with Gasteiger partial charge in [-0.25, -0.2) is 0 Å². The maximum Gasteiger partial charge on any atom is 0.300 e. The SMILES string of the molecule is CC(=O)O.[Hg].c1ccncc1. The Hall–Kier alpha value is -0.445. The molecule has 4 heteroatoms. The summed E-state index contributed by atoms with van der Waals surface area (Å²) < 4.78 is 0. The second-order valence-corrected chi connectivity index (χ2v) is 1.54. The molecule has 0 aliphatic carbocycles. The smallest absolute Gasteiger partial charge is 0.300 e. The minimum absolute atomic E-state index is 0. The van der Waals surface area contributed by atoms with Gasteiger partial charge in [-0.3, -0.25) is 9.78 Å². The van der Waals surface area contributed by atoms with Gasteiger partial charge < -0.3 is 5.11 Å². The van der Waals surface area contributed by atoms with E-state index in [1.165, 1.54) is 0 Å². The molecule has 0 atom stereocenters. The van der Waals surface area contributed by atoms with Gasteiger partial charge in [0.2, 0.25) is 0 Å². The van der Waals surface area contributed by atoms with Crippen LogP contribution in [0.1, 0.15) is 6.92 Å². The first-order chi connectivity index (χ1) is 4.73. The van der Waals surface area contributed by atoms with Gasteiger partial charge in [-0.2, -0.15) is 0 Å². The van der Waals surface area contributed by atoms with Crippen molar-refractivity contribution in [1.29, 1.82) is 0 Å². The van der Waals surface area contributed by atoms with Gasteiger partial charge in [0.05, 0.1) is 0 Å². The summed E-state index contributed by atoms with van der Waals surface area (Å²) in [4.78, 5) is 12.8. The van der Waals surface area contributed by atoms with E-state index in [4.69, 9.17) is 9.90 Å². The number of carbonyl (C=O) groups is 1.